The lowest BCUT2D eigenvalue weighted by Gasteiger charge is -2.34. The van der Waals surface area contributed by atoms with Crippen molar-refractivity contribution in [3.8, 4) is 5.75 Å². The molecule has 2 rings (SSSR count). The number of piperidine rings is 1. The summed E-state index contributed by atoms with van der Waals surface area (Å²) in [6.07, 6.45) is 2.10. The molecule has 1 aromatic carbocycles. The summed E-state index contributed by atoms with van der Waals surface area (Å²) in [5, 5.41) is 19.5. The molecule has 20 heavy (non-hydrogen) atoms. The monoisotopic (exact) mass is 297 g/mol. The molecule has 1 fully saturated rings. The molecule has 0 bridgehead atoms. The molecule has 1 aliphatic rings. The third-order valence-corrected chi connectivity index (χ3v) is 4.29. The van der Waals surface area contributed by atoms with Crippen LogP contribution in [0.5, 0.6) is 5.75 Å². The molecule has 4 nitrogen and oxygen atoms in total. The first-order chi connectivity index (χ1) is 9.47. The maximum absolute atomic E-state index is 10.9. The third kappa shape index (κ3) is 3.64. The molecule has 5 heteroatoms. The van der Waals surface area contributed by atoms with Gasteiger partial charge in [-0.1, -0.05) is 11.6 Å². The fraction of sp³-hybridized carbons (Fsp3) is 0.533. The summed E-state index contributed by atoms with van der Waals surface area (Å²) in [5.41, 5.74) is 0.838. The highest BCUT2D eigenvalue weighted by atomic mass is 35.5. The lowest BCUT2D eigenvalue weighted by molar-refractivity contribution is -0.143. The van der Waals surface area contributed by atoms with Crippen LogP contribution in [0.15, 0.2) is 18.2 Å². The van der Waals surface area contributed by atoms with Crippen LogP contribution in [0.25, 0.3) is 0 Å². The number of aromatic hydroxyl groups is 1. The van der Waals surface area contributed by atoms with E-state index in [0.29, 0.717) is 24.3 Å². The number of rotatable bonds is 4. The van der Waals surface area contributed by atoms with E-state index >= 15 is 0 Å². The van der Waals surface area contributed by atoms with Crippen LogP contribution >= 0.6 is 11.6 Å². The molecule has 2 N–H and O–H groups in total. The van der Waals surface area contributed by atoms with Gasteiger partial charge in [0, 0.05) is 11.1 Å². The predicted molar refractivity (Wildman–Crippen MR) is 78.2 cm³/mol. The summed E-state index contributed by atoms with van der Waals surface area (Å²) in [5.74, 6) is -0.635. The molecular weight excluding hydrogens is 278 g/mol. The molecule has 110 valence electrons. The van der Waals surface area contributed by atoms with Gasteiger partial charge in [0.1, 0.15) is 5.75 Å². The van der Waals surface area contributed by atoms with Crippen molar-refractivity contribution in [3.05, 3.63) is 28.8 Å². The van der Waals surface area contributed by atoms with Crippen molar-refractivity contribution in [2.24, 2.45) is 5.92 Å². The molecule has 1 saturated heterocycles. The van der Waals surface area contributed by atoms with Gasteiger partial charge in [-0.05, 0) is 63.0 Å². The van der Waals surface area contributed by atoms with Crippen molar-refractivity contribution >= 4 is 17.6 Å². The zero-order valence-corrected chi connectivity index (χ0v) is 12.3. The van der Waals surface area contributed by atoms with E-state index in [4.69, 9.17) is 16.7 Å². The SMILES string of the molecule is CC(Cc1cc(Cl)ccc1O)N1CCC(C(=O)O)CC1. The fourth-order valence-corrected chi connectivity index (χ4v) is 2.95. The number of phenolic OH excluding ortho intramolecular Hbond substituents is 1. The van der Waals surface area contributed by atoms with Gasteiger partial charge in [0.2, 0.25) is 0 Å². The lowest BCUT2D eigenvalue weighted by Crippen LogP contribution is -2.42. The summed E-state index contributed by atoms with van der Waals surface area (Å²) in [6, 6.07) is 5.33. The number of halogens is 1. The van der Waals surface area contributed by atoms with E-state index in [1.807, 2.05) is 0 Å². The normalized spacial score (nSPS) is 18.9. The van der Waals surface area contributed by atoms with Gasteiger partial charge in [0.25, 0.3) is 0 Å². The molecule has 1 aromatic rings. The van der Waals surface area contributed by atoms with Gasteiger partial charge >= 0.3 is 5.97 Å². The topological polar surface area (TPSA) is 60.8 Å². The van der Waals surface area contributed by atoms with Crippen molar-refractivity contribution in [3.63, 3.8) is 0 Å². The molecule has 1 atom stereocenters. The number of nitrogens with zero attached hydrogens (tertiary/aromatic N) is 1. The van der Waals surface area contributed by atoms with E-state index in [1.54, 1.807) is 18.2 Å². The summed E-state index contributed by atoms with van der Waals surface area (Å²) < 4.78 is 0. The van der Waals surface area contributed by atoms with Crippen LogP contribution in [0.1, 0.15) is 25.3 Å². The number of benzene rings is 1. The minimum Gasteiger partial charge on any atom is -0.508 e. The Hall–Kier alpha value is -1.26. The Labute approximate surface area is 124 Å². The van der Waals surface area contributed by atoms with Gasteiger partial charge in [-0.25, -0.2) is 0 Å². The molecule has 0 aliphatic carbocycles. The van der Waals surface area contributed by atoms with Crippen molar-refractivity contribution in [1.82, 2.24) is 4.90 Å². The van der Waals surface area contributed by atoms with Crippen LogP contribution in [-0.4, -0.2) is 40.2 Å². The predicted octanol–water partition coefficient (Wildman–Crippen LogP) is 2.77. The van der Waals surface area contributed by atoms with Crippen molar-refractivity contribution in [2.75, 3.05) is 13.1 Å². The Morgan fingerprint density at radius 2 is 2.10 bits per heavy atom. The van der Waals surface area contributed by atoms with Gasteiger partial charge in [-0.2, -0.15) is 0 Å². The van der Waals surface area contributed by atoms with Crippen molar-refractivity contribution in [2.45, 2.75) is 32.2 Å². The standard InChI is InChI=1S/C15H20ClNO3/c1-10(8-12-9-13(16)2-3-14(12)18)17-6-4-11(5-7-17)15(19)20/h2-3,9-11,18H,4-8H2,1H3,(H,19,20). The largest absolute Gasteiger partial charge is 0.508 e. The number of aliphatic carboxylic acids is 1. The van der Waals surface area contributed by atoms with Gasteiger partial charge in [-0.3, -0.25) is 4.79 Å². The summed E-state index contributed by atoms with van der Waals surface area (Å²) >= 11 is 5.95. The molecule has 0 amide bonds. The van der Waals surface area contributed by atoms with Crippen LogP contribution < -0.4 is 0 Å². The third-order valence-electron chi connectivity index (χ3n) is 4.06. The van der Waals surface area contributed by atoms with Crippen LogP contribution in [0, 0.1) is 5.92 Å². The minimum atomic E-state index is -0.690. The van der Waals surface area contributed by atoms with E-state index in [9.17, 15) is 9.90 Å². The Balaban J connectivity index is 1.94. The van der Waals surface area contributed by atoms with Gasteiger partial charge < -0.3 is 15.1 Å². The molecule has 1 aliphatic heterocycles. The molecule has 1 heterocycles. The second-order valence-corrected chi connectivity index (χ2v) is 5.91. The van der Waals surface area contributed by atoms with Gasteiger partial charge in [0.15, 0.2) is 0 Å². The van der Waals surface area contributed by atoms with Crippen molar-refractivity contribution in [1.29, 1.82) is 0 Å². The van der Waals surface area contributed by atoms with Crippen LogP contribution in [0.2, 0.25) is 5.02 Å². The highest BCUT2D eigenvalue weighted by molar-refractivity contribution is 6.30. The van der Waals surface area contributed by atoms with E-state index in [-0.39, 0.29) is 17.7 Å². The summed E-state index contributed by atoms with van der Waals surface area (Å²) in [6.45, 7) is 3.68. The number of carbonyl (C=O) groups is 1. The van der Waals surface area contributed by atoms with Crippen molar-refractivity contribution < 1.29 is 15.0 Å². The molecule has 0 radical (unpaired) electrons. The molecule has 0 spiro atoms. The molecule has 1 unspecified atom stereocenters. The molecule has 0 saturated carbocycles. The van der Waals surface area contributed by atoms with Crippen LogP contribution in [-0.2, 0) is 11.2 Å². The highest BCUT2D eigenvalue weighted by Crippen LogP contribution is 2.25. The van der Waals surface area contributed by atoms with Crippen LogP contribution in [0.3, 0.4) is 0 Å². The first kappa shape index (κ1) is 15.1. The van der Waals surface area contributed by atoms with Gasteiger partial charge in [0.05, 0.1) is 5.92 Å². The minimum absolute atomic E-state index is 0.210. The Morgan fingerprint density at radius 3 is 2.70 bits per heavy atom. The smallest absolute Gasteiger partial charge is 0.306 e. The average molecular weight is 298 g/mol. The zero-order valence-electron chi connectivity index (χ0n) is 11.6. The number of phenols is 1. The lowest BCUT2D eigenvalue weighted by atomic mass is 9.95. The number of hydrogen-bond acceptors (Lipinski definition) is 3. The summed E-state index contributed by atoms with van der Waals surface area (Å²) in [7, 11) is 0. The molecular formula is C15H20ClNO3. The quantitative estimate of drug-likeness (QED) is 0.897. The second-order valence-electron chi connectivity index (χ2n) is 5.47. The van der Waals surface area contributed by atoms with Gasteiger partial charge in [-0.15, -0.1) is 0 Å². The Morgan fingerprint density at radius 1 is 1.45 bits per heavy atom. The number of carboxylic acid groups (broad SMARTS) is 1. The maximum Gasteiger partial charge on any atom is 0.306 e. The van der Waals surface area contributed by atoms with E-state index in [0.717, 1.165) is 18.7 Å². The fourth-order valence-electron chi connectivity index (χ4n) is 2.75. The number of likely N-dealkylation sites (tertiary alicyclic amines) is 1. The first-order valence-electron chi connectivity index (χ1n) is 6.91. The number of hydrogen-bond donors (Lipinski definition) is 2. The Bertz CT molecular complexity index is 484. The highest BCUT2D eigenvalue weighted by Gasteiger charge is 2.27. The second kappa shape index (κ2) is 6.46. The average Bonchev–Trinajstić information content (AvgIpc) is 2.43. The maximum atomic E-state index is 10.9. The number of carboxylic acids is 1. The first-order valence-corrected chi connectivity index (χ1v) is 7.29. The summed E-state index contributed by atoms with van der Waals surface area (Å²) in [4.78, 5) is 13.2. The Kier molecular flexibility index (Phi) is 4.89. The zero-order chi connectivity index (χ0) is 14.7. The van der Waals surface area contributed by atoms with E-state index in [1.165, 1.54) is 0 Å². The van der Waals surface area contributed by atoms with E-state index in [2.05, 4.69) is 11.8 Å². The van der Waals surface area contributed by atoms with E-state index < -0.39 is 5.97 Å². The van der Waals surface area contributed by atoms with Crippen LogP contribution in [0.4, 0.5) is 0 Å². The molecule has 0 aromatic heterocycles.